The van der Waals surface area contributed by atoms with E-state index in [1.165, 1.54) is 16.0 Å². The fourth-order valence-electron chi connectivity index (χ4n) is 1.56. The van der Waals surface area contributed by atoms with Gasteiger partial charge in [0.2, 0.25) is 0 Å². The van der Waals surface area contributed by atoms with E-state index in [4.69, 9.17) is 0 Å². The first kappa shape index (κ1) is 9.47. The number of hydrogen-bond acceptors (Lipinski definition) is 1. The minimum absolute atomic E-state index is 0.524. The fourth-order valence-corrected chi connectivity index (χ4v) is 2.37. The van der Waals surface area contributed by atoms with E-state index in [1.807, 2.05) is 11.3 Å². The number of hydrogen-bond donors (Lipinski definition) is 0. The van der Waals surface area contributed by atoms with Crippen molar-refractivity contribution in [3.05, 3.63) is 57.8 Å². The van der Waals surface area contributed by atoms with Crippen molar-refractivity contribution < 1.29 is 0 Å². The third kappa shape index (κ3) is 1.88. The molecule has 0 amide bonds. The molecule has 0 aliphatic heterocycles. The van der Waals surface area contributed by atoms with Crippen molar-refractivity contribution in [3.63, 3.8) is 0 Å². The molecular weight excluding hydrogens is 188 g/mol. The van der Waals surface area contributed by atoms with Crippen LogP contribution in [0.3, 0.4) is 0 Å². The van der Waals surface area contributed by atoms with Crippen LogP contribution in [0.15, 0.2) is 41.8 Å². The Balaban J connectivity index is 2.28. The molecule has 0 N–H and O–H groups in total. The Labute approximate surface area is 89.2 Å². The first-order valence-corrected chi connectivity index (χ1v) is 5.75. The minimum atomic E-state index is 0.524. The molecule has 1 aromatic heterocycles. The smallest absolute Gasteiger partial charge is 0.0155 e. The van der Waals surface area contributed by atoms with Crippen molar-refractivity contribution in [1.29, 1.82) is 0 Å². The summed E-state index contributed by atoms with van der Waals surface area (Å²) in [5, 5.41) is 2.14. The van der Waals surface area contributed by atoms with Crippen molar-refractivity contribution in [2.24, 2.45) is 0 Å². The van der Waals surface area contributed by atoms with Crippen LogP contribution < -0.4 is 0 Å². The van der Waals surface area contributed by atoms with Gasteiger partial charge in [-0.15, -0.1) is 11.3 Å². The van der Waals surface area contributed by atoms with Gasteiger partial charge in [0.25, 0.3) is 0 Å². The molecule has 1 atom stereocenters. The fraction of sp³-hybridized carbons (Fsp3) is 0.231. The van der Waals surface area contributed by atoms with E-state index in [9.17, 15) is 0 Å². The second kappa shape index (κ2) is 3.97. The average Bonchev–Trinajstić information content (AvgIpc) is 2.71. The van der Waals surface area contributed by atoms with E-state index in [0.29, 0.717) is 5.92 Å². The lowest BCUT2D eigenvalue weighted by atomic mass is 9.99. The standard InChI is InChI=1S/C13H14S/c1-10-5-7-12(8-6-10)11(2)13-4-3-9-14-13/h3-9,11H,1-2H3. The third-order valence-corrected chi connectivity index (χ3v) is 3.60. The largest absolute Gasteiger partial charge is 0.148 e. The summed E-state index contributed by atoms with van der Waals surface area (Å²) in [5.74, 6) is 0.524. The molecule has 2 rings (SSSR count). The van der Waals surface area contributed by atoms with Gasteiger partial charge in [-0.05, 0) is 23.9 Å². The molecule has 0 nitrogen and oxygen atoms in total. The van der Waals surface area contributed by atoms with Crippen molar-refractivity contribution >= 4 is 11.3 Å². The van der Waals surface area contributed by atoms with Gasteiger partial charge in [0, 0.05) is 10.8 Å². The summed E-state index contributed by atoms with van der Waals surface area (Å²) >= 11 is 1.83. The highest BCUT2D eigenvalue weighted by atomic mass is 32.1. The minimum Gasteiger partial charge on any atom is -0.148 e. The highest BCUT2D eigenvalue weighted by molar-refractivity contribution is 7.10. The molecule has 0 bridgehead atoms. The number of rotatable bonds is 2. The quantitative estimate of drug-likeness (QED) is 0.684. The van der Waals surface area contributed by atoms with Gasteiger partial charge in [-0.25, -0.2) is 0 Å². The Kier molecular flexibility index (Phi) is 2.69. The van der Waals surface area contributed by atoms with Crippen LogP contribution in [0.5, 0.6) is 0 Å². The Morgan fingerprint density at radius 3 is 2.36 bits per heavy atom. The molecule has 0 fully saturated rings. The lowest BCUT2D eigenvalue weighted by Gasteiger charge is -2.09. The SMILES string of the molecule is Cc1ccc(C(C)c2cccs2)cc1. The molecule has 0 saturated heterocycles. The molecule has 1 heterocycles. The van der Waals surface area contributed by atoms with E-state index < -0.39 is 0 Å². The third-order valence-electron chi connectivity index (χ3n) is 2.55. The summed E-state index contributed by atoms with van der Waals surface area (Å²) in [4.78, 5) is 1.44. The van der Waals surface area contributed by atoms with E-state index >= 15 is 0 Å². The maximum Gasteiger partial charge on any atom is 0.0155 e. The van der Waals surface area contributed by atoms with Gasteiger partial charge >= 0.3 is 0 Å². The van der Waals surface area contributed by atoms with Gasteiger partial charge < -0.3 is 0 Å². The van der Waals surface area contributed by atoms with Crippen molar-refractivity contribution in [2.45, 2.75) is 19.8 Å². The molecule has 0 aliphatic carbocycles. The molecule has 1 aromatic carbocycles. The van der Waals surface area contributed by atoms with Crippen LogP contribution in [-0.4, -0.2) is 0 Å². The molecule has 0 spiro atoms. The predicted molar refractivity (Wildman–Crippen MR) is 63.0 cm³/mol. The van der Waals surface area contributed by atoms with Gasteiger partial charge in [-0.2, -0.15) is 0 Å². The van der Waals surface area contributed by atoms with Crippen molar-refractivity contribution in [1.82, 2.24) is 0 Å². The van der Waals surface area contributed by atoms with Gasteiger partial charge in [-0.3, -0.25) is 0 Å². The van der Waals surface area contributed by atoms with Gasteiger partial charge in [0.1, 0.15) is 0 Å². The number of aryl methyl sites for hydroxylation is 1. The van der Waals surface area contributed by atoms with Gasteiger partial charge in [0.05, 0.1) is 0 Å². The van der Waals surface area contributed by atoms with Crippen LogP contribution in [-0.2, 0) is 0 Å². The van der Waals surface area contributed by atoms with Crippen LogP contribution in [0, 0.1) is 6.92 Å². The van der Waals surface area contributed by atoms with Crippen molar-refractivity contribution in [3.8, 4) is 0 Å². The first-order valence-electron chi connectivity index (χ1n) is 4.87. The van der Waals surface area contributed by atoms with E-state index in [1.54, 1.807) is 0 Å². The maximum atomic E-state index is 2.26. The lowest BCUT2D eigenvalue weighted by Crippen LogP contribution is -1.92. The molecule has 2 aromatic rings. The Hall–Kier alpha value is -1.08. The molecule has 1 heteroatoms. The van der Waals surface area contributed by atoms with Crippen LogP contribution in [0.25, 0.3) is 0 Å². The van der Waals surface area contributed by atoms with Crippen LogP contribution >= 0.6 is 11.3 Å². The normalized spacial score (nSPS) is 12.7. The van der Waals surface area contributed by atoms with E-state index in [-0.39, 0.29) is 0 Å². The molecule has 0 saturated carbocycles. The average molecular weight is 202 g/mol. The predicted octanol–water partition coefficient (Wildman–Crippen LogP) is 4.21. The Morgan fingerprint density at radius 1 is 1.07 bits per heavy atom. The zero-order valence-corrected chi connectivity index (χ0v) is 9.34. The zero-order chi connectivity index (χ0) is 9.97. The second-order valence-electron chi connectivity index (χ2n) is 3.65. The number of benzene rings is 1. The first-order chi connectivity index (χ1) is 6.77. The van der Waals surface area contributed by atoms with E-state index in [2.05, 4.69) is 55.6 Å². The summed E-state index contributed by atoms with van der Waals surface area (Å²) in [5.41, 5.74) is 2.73. The highest BCUT2D eigenvalue weighted by Gasteiger charge is 2.08. The molecule has 1 unspecified atom stereocenters. The molecule has 0 aliphatic rings. The Bertz CT molecular complexity index is 384. The monoisotopic (exact) mass is 202 g/mol. The summed E-state index contributed by atoms with van der Waals surface area (Å²) in [6, 6.07) is 13.1. The van der Waals surface area contributed by atoms with Crippen LogP contribution in [0.4, 0.5) is 0 Å². The molecule has 72 valence electrons. The van der Waals surface area contributed by atoms with Crippen molar-refractivity contribution in [2.75, 3.05) is 0 Å². The summed E-state index contributed by atoms with van der Waals surface area (Å²) in [6.45, 7) is 4.39. The van der Waals surface area contributed by atoms with Crippen LogP contribution in [0.1, 0.15) is 28.8 Å². The molecule has 14 heavy (non-hydrogen) atoms. The highest BCUT2D eigenvalue weighted by Crippen LogP contribution is 2.27. The second-order valence-corrected chi connectivity index (χ2v) is 4.63. The summed E-state index contributed by atoms with van der Waals surface area (Å²) in [7, 11) is 0. The number of thiophene rings is 1. The summed E-state index contributed by atoms with van der Waals surface area (Å²) in [6.07, 6.45) is 0. The van der Waals surface area contributed by atoms with Gasteiger partial charge in [-0.1, -0.05) is 42.8 Å². The Morgan fingerprint density at radius 2 is 1.79 bits per heavy atom. The topological polar surface area (TPSA) is 0 Å². The summed E-state index contributed by atoms with van der Waals surface area (Å²) < 4.78 is 0. The maximum absolute atomic E-state index is 2.26. The van der Waals surface area contributed by atoms with E-state index in [0.717, 1.165) is 0 Å². The van der Waals surface area contributed by atoms with Crippen LogP contribution in [0.2, 0.25) is 0 Å². The lowest BCUT2D eigenvalue weighted by molar-refractivity contribution is 0.946. The molecule has 0 radical (unpaired) electrons. The molecular formula is C13H14S. The zero-order valence-electron chi connectivity index (χ0n) is 8.53. The van der Waals surface area contributed by atoms with Gasteiger partial charge in [0.15, 0.2) is 0 Å².